The van der Waals surface area contributed by atoms with Gasteiger partial charge in [-0.1, -0.05) is 12.7 Å². The molecule has 0 aliphatic heterocycles. The van der Waals surface area contributed by atoms with Crippen LogP contribution >= 0.6 is 0 Å². The summed E-state index contributed by atoms with van der Waals surface area (Å²) in [5, 5.41) is 0. The van der Waals surface area contributed by atoms with Gasteiger partial charge >= 0.3 is 5.97 Å². The lowest BCUT2D eigenvalue weighted by molar-refractivity contribution is -0.147. The minimum absolute atomic E-state index is 0.0408. The summed E-state index contributed by atoms with van der Waals surface area (Å²) in [6, 6.07) is 0. The topological polar surface area (TPSA) is 44.8 Å². The van der Waals surface area contributed by atoms with E-state index in [-0.39, 0.29) is 12.2 Å². The smallest absolute Gasteiger partial charge is 0.333 e. The highest BCUT2D eigenvalue weighted by Crippen LogP contribution is 2.01. The Morgan fingerprint density at radius 1 is 1.29 bits per heavy atom. The zero-order valence-corrected chi connectivity index (χ0v) is 10.9. The third-order valence-electron chi connectivity index (χ3n) is 1.86. The van der Waals surface area contributed by atoms with Crippen molar-refractivity contribution in [2.75, 3.05) is 19.8 Å². The number of esters is 1. The summed E-state index contributed by atoms with van der Waals surface area (Å²) in [5.74, 6) is -0.392. The second kappa shape index (κ2) is 8.96. The van der Waals surface area contributed by atoms with Crippen LogP contribution in [0, 0.1) is 0 Å². The molecule has 0 heterocycles. The summed E-state index contributed by atoms with van der Waals surface area (Å²) >= 11 is 0. The molecule has 0 fully saturated rings. The normalized spacial score (nSPS) is 13.8. The lowest BCUT2D eigenvalue weighted by Gasteiger charge is -2.17. The summed E-state index contributed by atoms with van der Waals surface area (Å²) in [5.41, 5.74) is 0.388. The Labute approximate surface area is 103 Å². The van der Waals surface area contributed by atoms with Crippen molar-refractivity contribution < 1.29 is 19.0 Å². The predicted octanol–water partition coefficient (Wildman–Crippen LogP) is 2.10. The van der Waals surface area contributed by atoms with Gasteiger partial charge in [-0.2, -0.15) is 0 Å². The Bertz CT molecular complexity index is 260. The molecule has 0 radical (unpaired) electrons. The summed E-state index contributed by atoms with van der Waals surface area (Å²) in [7, 11) is 0. The van der Waals surface area contributed by atoms with Crippen LogP contribution in [0.25, 0.3) is 0 Å². The molecule has 0 saturated carbocycles. The Hall–Kier alpha value is -1.13. The molecular weight excluding hydrogens is 220 g/mol. The zero-order valence-electron chi connectivity index (χ0n) is 10.9. The van der Waals surface area contributed by atoms with Gasteiger partial charge in [-0.3, -0.25) is 0 Å². The minimum Gasteiger partial charge on any atom is -0.457 e. The van der Waals surface area contributed by atoms with Gasteiger partial charge in [0.1, 0.15) is 6.10 Å². The van der Waals surface area contributed by atoms with Gasteiger partial charge in [0.25, 0.3) is 0 Å². The first kappa shape index (κ1) is 15.9. The first-order valence-corrected chi connectivity index (χ1v) is 5.64. The third-order valence-corrected chi connectivity index (χ3v) is 1.86. The van der Waals surface area contributed by atoms with E-state index in [0.717, 1.165) is 0 Å². The van der Waals surface area contributed by atoms with Crippen LogP contribution in [-0.2, 0) is 19.0 Å². The summed E-state index contributed by atoms with van der Waals surface area (Å²) < 4.78 is 15.8. The lowest BCUT2D eigenvalue weighted by Crippen LogP contribution is -2.25. The van der Waals surface area contributed by atoms with E-state index in [2.05, 4.69) is 13.2 Å². The van der Waals surface area contributed by atoms with Crippen molar-refractivity contribution in [3.63, 3.8) is 0 Å². The lowest BCUT2D eigenvalue weighted by atomic mass is 10.3. The van der Waals surface area contributed by atoms with E-state index in [9.17, 15) is 4.79 Å². The van der Waals surface area contributed by atoms with E-state index in [1.807, 2.05) is 6.92 Å². The molecule has 0 aliphatic carbocycles. The van der Waals surface area contributed by atoms with Crippen LogP contribution in [0.3, 0.4) is 0 Å². The standard InChI is InChI=1S/C13H22O4/c1-6-7-15-8-11(4)16-9-12(5)17-13(14)10(2)3/h6,11-12H,1-2,7-9H2,3-5H3. The SMILES string of the molecule is C=CCOCC(C)OCC(C)OC(=O)C(=C)C. The monoisotopic (exact) mass is 242 g/mol. The molecule has 0 saturated heterocycles. The van der Waals surface area contributed by atoms with Crippen molar-refractivity contribution in [2.45, 2.75) is 33.0 Å². The fourth-order valence-electron chi connectivity index (χ4n) is 0.983. The number of carbonyl (C=O) groups is 1. The van der Waals surface area contributed by atoms with Crippen LogP contribution < -0.4 is 0 Å². The van der Waals surface area contributed by atoms with Crippen molar-refractivity contribution in [1.29, 1.82) is 0 Å². The number of hydrogen-bond donors (Lipinski definition) is 0. The van der Waals surface area contributed by atoms with E-state index in [1.54, 1.807) is 19.9 Å². The summed E-state index contributed by atoms with van der Waals surface area (Å²) in [4.78, 5) is 11.2. The molecule has 0 bridgehead atoms. The number of carbonyl (C=O) groups excluding carboxylic acids is 1. The van der Waals surface area contributed by atoms with Crippen LogP contribution in [0.2, 0.25) is 0 Å². The highest BCUT2D eigenvalue weighted by Gasteiger charge is 2.11. The van der Waals surface area contributed by atoms with Gasteiger partial charge in [-0.25, -0.2) is 4.79 Å². The zero-order chi connectivity index (χ0) is 13.3. The second-order valence-electron chi connectivity index (χ2n) is 3.97. The second-order valence-corrected chi connectivity index (χ2v) is 3.97. The Morgan fingerprint density at radius 3 is 2.47 bits per heavy atom. The number of ether oxygens (including phenoxy) is 3. The molecule has 2 unspecified atom stereocenters. The molecule has 0 aromatic rings. The molecule has 0 aromatic carbocycles. The van der Waals surface area contributed by atoms with Crippen molar-refractivity contribution in [2.24, 2.45) is 0 Å². The first-order chi connectivity index (χ1) is 7.97. The average Bonchev–Trinajstić information content (AvgIpc) is 2.26. The molecule has 0 spiro atoms. The maximum absolute atomic E-state index is 11.2. The highest BCUT2D eigenvalue weighted by atomic mass is 16.6. The maximum Gasteiger partial charge on any atom is 0.333 e. The number of hydrogen-bond acceptors (Lipinski definition) is 4. The molecule has 2 atom stereocenters. The number of rotatable bonds is 9. The predicted molar refractivity (Wildman–Crippen MR) is 66.8 cm³/mol. The summed E-state index contributed by atoms with van der Waals surface area (Å²) in [6.07, 6.45) is 1.35. The molecule has 98 valence electrons. The molecule has 0 N–H and O–H groups in total. The van der Waals surface area contributed by atoms with Crippen molar-refractivity contribution in [3.05, 3.63) is 24.8 Å². The van der Waals surface area contributed by atoms with Gasteiger partial charge in [-0.15, -0.1) is 6.58 Å². The van der Waals surface area contributed by atoms with Crippen molar-refractivity contribution >= 4 is 5.97 Å². The molecule has 0 aromatic heterocycles. The van der Waals surface area contributed by atoms with Gasteiger partial charge < -0.3 is 14.2 Å². The van der Waals surface area contributed by atoms with E-state index in [4.69, 9.17) is 14.2 Å². The van der Waals surface area contributed by atoms with E-state index in [1.165, 1.54) is 0 Å². The van der Waals surface area contributed by atoms with Crippen LogP contribution in [0.15, 0.2) is 24.8 Å². The molecule has 0 rings (SSSR count). The largest absolute Gasteiger partial charge is 0.457 e. The average molecular weight is 242 g/mol. The Kier molecular flexibility index (Phi) is 8.36. The van der Waals surface area contributed by atoms with Crippen LogP contribution in [0.5, 0.6) is 0 Å². The van der Waals surface area contributed by atoms with Crippen molar-refractivity contribution in [3.8, 4) is 0 Å². The Balaban J connectivity index is 3.68. The molecule has 4 heteroatoms. The van der Waals surface area contributed by atoms with Gasteiger partial charge in [0.05, 0.1) is 25.9 Å². The van der Waals surface area contributed by atoms with Crippen LogP contribution in [-0.4, -0.2) is 38.0 Å². The van der Waals surface area contributed by atoms with Gasteiger partial charge in [-0.05, 0) is 20.8 Å². The maximum atomic E-state index is 11.2. The molecule has 0 amide bonds. The fourth-order valence-corrected chi connectivity index (χ4v) is 0.983. The molecular formula is C13H22O4. The van der Waals surface area contributed by atoms with E-state index >= 15 is 0 Å². The van der Waals surface area contributed by atoms with Crippen LogP contribution in [0.4, 0.5) is 0 Å². The van der Waals surface area contributed by atoms with Gasteiger partial charge in [0.2, 0.25) is 0 Å². The quantitative estimate of drug-likeness (QED) is 0.269. The Morgan fingerprint density at radius 2 is 1.94 bits per heavy atom. The fraction of sp³-hybridized carbons (Fsp3) is 0.615. The summed E-state index contributed by atoms with van der Waals surface area (Å²) in [6.45, 7) is 13.7. The minimum atomic E-state index is -0.392. The van der Waals surface area contributed by atoms with Crippen LogP contribution in [0.1, 0.15) is 20.8 Å². The third kappa shape index (κ3) is 8.65. The van der Waals surface area contributed by atoms with E-state index < -0.39 is 5.97 Å². The van der Waals surface area contributed by atoms with Crippen molar-refractivity contribution in [1.82, 2.24) is 0 Å². The molecule has 0 aliphatic rings. The van der Waals surface area contributed by atoms with Gasteiger partial charge in [0, 0.05) is 5.57 Å². The van der Waals surface area contributed by atoms with Gasteiger partial charge in [0.15, 0.2) is 0 Å². The molecule has 4 nitrogen and oxygen atoms in total. The van der Waals surface area contributed by atoms with E-state index in [0.29, 0.717) is 25.4 Å². The molecule has 17 heavy (non-hydrogen) atoms. The first-order valence-electron chi connectivity index (χ1n) is 5.64. The highest BCUT2D eigenvalue weighted by molar-refractivity contribution is 5.87.